The number of aromatic nitrogens is 1. The number of halogens is 2. The lowest BCUT2D eigenvalue weighted by Crippen LogP contribution is -2.43. The van der Waals surface area contributed by atoms with E-state index in [9.17, 15) is 4.39 Å². The van der Waals surface area contributed by atoms with Crippen LogP contribution in [0.2, 0.25) is 5.02 Å². The average Bonchev–Trinajstić information content (AvgIpc) is 2.81. The van der Waals surface area contributed by atoms with Crippen LogP contribution in [0.4, 0.5) is 4.39 Å². The molecule has 20 heavy (non-hydrogen) atoms. The zero-order valence-corrected chi connectivity index (χ0v) is 12.3. The lowest BCUT2D eigenvalue weighted by Gasteiger charge is -2.39. The molecular weight excluding hydrogens is 275 g/mol. The van der Waals surface area contributed by atoms with Crippen molar-refractivity contribution in [2.24, 2.45) is 5.92 Å². The van der Waals surface area contributed by atoms with Crippen LogP contribution in [0.1, 0.15) is 12.5 Å². The molecule has 2 atom stereocenters. The monoisotopic (exact) mass is 290 g/mol. The van der Waals surface area contributed by atoms with Crippen molar-refractivity contribution in [3.8, 4) is 0 Å². The third-order valence-corrected chi connectivity index (χ3v) is 4.82. The van der Waals surface area contributed by atoms with Crippen LogP contribution in [0, 0.1) is 11.7 Å². The third kappa shape index (κ3) is 1.54. The summed E-state index contributed by atoms with van der Waals surface area (Å²) in [6.07, 6.45) is 4.29. The molecule has 0 N–H and O–H groups in total. The van der Waals surface area contributed by atoms with Gasteiger partial charge in [-0.1, -0.05) is 24.6 Å². The zero-order valence-electron chi connectivity index (χ0n) is 11.5. The number of rotatable bonds is 0. The van der Waals surface area contributed by atoms with Crippen LogP contribution >= 0.6 is 11.6 Å². The molecule has 2 aliphatic rings. The van der Waals surface area contributed by atoms with Gasteiger partial charge < -0.3 is 4.57 Å². The quantitative estimate of drug-likeness (QED) is 0.717. The van der Waals surface area contributed by atoms with Crippen molar-refractivity contribution in [2.75, 3.05) is 13.6 Å². The molecule has 3 heterocycles. The summed E-state index contributed by atoms with van der Waals surface area (Å²) in [5.74, 6) is 0.201. The van der Waals surface area contributed by atoms with Crippen molar-refractivity contribution in [2.45, 2.75) is 19.5 Å². The average molecular weight is 291 g/mol. The molecule has 0 radical (unpaired) electrons. The van der Waals surface area contributed by atoms with Gasteiger partial charge in [-0.25, -0.2) is 4.39 Å². The summed E-state index contributed by atoms with van der Waals surface area (Å²) < 4.78 is 16.3. The Kier molecular flexibility index (Phi) is 2.54. The lowest BCUT2D eigenvalue weighted by atomic mass is 9.86. The second kappa shape index (κ2) is 4.09. The Hall–Kier alpha value is -1.32. The van der Waals surface area contributed by atoms with Gasteiger partial charge >= 0.3 is 0 Å². The van der Waals surface area contributed by atoms with E-state index < -0.39 is 0 Å². The predicted octanol–water partition coefficient (Wildman–Crippen LogP) is 3.78. The highest BCUT2D eigenvalue weighted by molar-refractivity contribution is 6.32. The first kappa shape index (κ1) is 12.4. The highest BCUT2D eigenvalue weighted by atomic mass is 35.5. The first-order valence-electron chi connectivity index (χ1n) is 6.95. The Balaban J connectivity index is 2.06. The van der Waals surface area contributed by atoms with Gasteiger partial charge in [-0.3, -0.25) is 4.90 Å². The van der Waals surface area contributed by atoms with Crippen LogP contribution in [0.15, 0.2) is 24.4 Å². The molecule has 2 aliphatic heterocycles. The number of hydrogen-bond acceptors (Lipinski definition) is 1. The van der Waals surface area contributed by atoms with E-state index in [1.165, 1.54) is 5.57 Å². The first-order chi connectivity index (χ1) is 9.56. The van der Waals surface area contributed by atoms with Crippen molar-refractivity contribution < 1.29 is 4.39 Å². The van der Waals surface area contributed by atoms with Crippen molar-refractivity contribution in [1.29, 1.82) is 0 Å². The summed E-state index contributed by atoms with van der Waals surface area (Å²) in [6, 6.07) is 3.98. The summed E-state index contributed by atoms with van der Waals surface area (Å²) >= 11 is 6.08. The highest BCUT2D eigenvalue weighted by Gasteiger charge is 2.33. The van der Waals surface area contributed by atoms with Crippen LogP contribution in [0.3, 0.4) is 0 Å². The second-order valence-corrected chi connectivity index (χ2v) is 6.41. The van der Waals surface area contributed by atoms with E-state index in [1.807, 2.05) is 12.3 Å². The fourth-order valence-corrected chi connectivity index (χ4v) is 3.90. The molecule has 0 unspecified atom stereocenters. The normalized spacial score (nSPS) is 25.7. The van der Waals surface area contributed by atoms with E-state index in [0.717, 1.165) is 24.2 Å². The van der Waals surface area contributed by atoms with Crippen LogP contribution in [0.5, 0.6) is 0 Å². The molecule has 2 nitrogen and oxygen atoms in total. The zero-order chi connectivity index (χ0) is 14.0. The summed E-state index contributed by atoms with van der Waals surface area (Å²) in [4.78, 5) is 2.38. The molecule has 0 amide bonds. The predicted molar refractivity (Wildman–Crippen MR) is 80.5 cm³/mol. The van der Waals surface area contributed by atoms with Gasteiger partial charge in [0.05, 0.1) is 16.6 Å². The second-order valence-electron chi connectivity index (χ2n) is 6.00. The molecular formula is C16H16ClFN2. The number of fused-ring (bicyclic) bond motifs is 2. The largest absolute Gasteiger partial charge is 0.345 e. The highest BCUT2D eigenvalue weighted by Crippen LogP contribution is 2.41. The number of hydrogen-bond donors (Lipinski definition) is 0. The van der Waals surface area contributed by atoms with Crippen molar-refractivity contribution in [3.05, 3.63) is 40.8 Å². The smallest absolute Gasteiger partial charge is 0.151 e. The topological polar surface area (TPSA) is 8.17 Å². The van der Waals surface area contributed by atoms with Crippen LogP contribution in [-0.2, 0) is 6.54 Å². The lowest BCUT2D eigenvalue weighted by molar-refractivity contribution is 0.234. The SMILES string of the molecule is C[C@H]1C=C2c3cc(Cl)c(F)c4ccn(c34)C[C@@H]2N(C)C1. The Bertz CT molecular complexity index is 747. The molecule has 0 bridgehead atoms. The Morgan fingerprint density at radius 1 is 1.35 bits per heavy atom. The molecule has 104 valence electrons. The maximum absolute atomic E-state index is 14.2. The maximum Gasteiger partial charge on any atom is 0.151 e. The van der Waals surface area contributed by atoms with Gasteiger partial charge in [0.25, 0.3) is 0 Å². The number of nitrogens with zero attached hydrogens (tertiary/aromatic N) is 2. The summed E-state index contributed by atoms with van der Waals surface area (Å²) in [5.41, 5.74) is 3.37. The Labute approximate surface area is 122 Å². The molecule has 1 aromatic heterocycles. The Morgan fingerprint density at radius 3 is 2.95 bits per heavy atom. The van der Waals surface area contributed by atoms with Crippen molar-refractivity contribution in [1.82, 2.24) is 9.47 Å². The summed E-state index contributed by atoms with van der Waals surface area (Å²) in [5, 5.41) is 0.848. The van der Waals surface area contributed by atoms with Gasteiger partial charge in [-0.05, 0) is 30.7 Å². The maximum atomic E-state index is 14.2. The van der Waals surface area contributed by atoms with Gasteiger partial charge in [-0.15, -0.1) is 0 Å². The van der Waals surface area contributed by atoms with E-state index in [2.05, 4.69) is 29.5 Å². The third-order valence-electron chi connectivity index (χ3n) is 4.55. The molecule has 0 saturated heterocycles. The van der Waals surface area contributed by atoms with Crippen molar-refractivity contribution >= 4 is 28.1 Å². The first-order valence-corrected chi connectivity index (χ1v) is 7.33. The van der Waals surface area contributed by atoms with Gasteiger partial charge in [0, 0.05) is 30.2 Å². The van der Waals surface area contributed by atoms with Crippen LogP contribution < -0.4 is 0 Å². The van der Waals surface area contributed by atoms with Gasteiger partial charge in [-0.2, -0.15) is 0 Å². The van der Waals surface area contributed by atoms with E-state index in [1.54, 1.807) is 6.07 Å². The van der Waals surface area contributed by atoms with Gasteiger partial charge in [0.2, 0.25) is 0 Å². The van der Waals surface area contributed by atoms with Crippen LogP contribution in [-0.4, -0.2) is 29.1 Å². The van der Waals surface area contributed by atoms with E-state index in [-0.39, 0.29) is 10.8 Å². The fourth-order valence-electron chi connectivity index (χ4n) is 3.69. The van der Waals surface area contributed by atoms with E-state index >= 15 is 0 Å². The molecule has 0 spiro atoms. The molecule has 1 aromatic carbocycles. The standard InChI is InChI=1S/C16H16ClFN2/c1-9-5-11-12-6-13(17)15(18)10-3-4-20(16(10)12)8-14(11)19(2)7-9/h3-6,9,14H,7-8H2,1-2H3/t9-,14-/m0/s1. The van der Waals surface area contributed by atoms with Crippen LogP contribution in [0.25, 0.3) is 16.5 Å². The number of benzene rings is 1. The summed E-state index contributed by atoms with van der Waals surface area (Å²) in [7, 11) is 2.16. The molecule has 0 fully saturated rings. The molecule has 0 saturated carbocycles. The van der Waals surface area contributed by atoms with Gasteiger partial charge in [0.1, 0.15) is 0 Å². The van der Waals surface area contributed by atoms with E-state index in [4.69, 9.17) is 11.6 Å². The molecule has 4 heteroatoms. The summed E-state index contributed by atoms with van der Waals surface area (Å²) in [6.45, 7) is 4.16. The minimum atomic E-state index is -0.305. The molecule has 4 rings (SSSR count). The van der Waals surface area contributed by atoms with Gasteiger partial charge in [0.15, 0.2) is 5.82 Å². The molecule has 2 aromatic rings. The van der Waals surface area contributed by atoms with E-state index in [0.29, 0.717) is 17.3 Å². The minimum absolute atomic E-state index is 0.215. The molecule has 0 aliphatic carbocycles. The van der Waals surface area contributed by atoms with Crippen molar-refractivity contribution in [3.63, 3.8) is 0 Å². The fraction of sp³-hybridized carbons (Fsp3) is 0.375. The Morgan fingerprint density at radius 2 is 2.15 bits per heavy atom. The number of likely N-dealkylation sites (N-methyl/N-ethyl adjacent to an activating group) is 1. The minimum Gasteiger partial charge on any atom is -0.345 e.